The Kier molecular flexibility index (Phi) is 35.6. The van der Waals surface area contributed by atoms with Crippen LogP contribution in [0.5, 0.6) is 17.2 Å². The number of nitrogens with zero attached hydrogens (tertiary/aromatic N) is 3. The summed E-state index contributed by atoms with van der Waals surface area (Å²) in [6, 6.07) is 9.25. The van der Waals surface area contributed by atoms with Crippen molar-refractivity contribution in [2.75, 3.05) is 142 Å². The summed E-state index contributed by atoms with van der Waals surface area (Å²) in [5.74, 6) is -1.25. The molecule has 0 radical (unpaired) electrons. The van der Waals surface area contributed by atoms with E-state index in [4.69, 9.17) is 95.4 Å². The van der Waals surface area contributed by atoms with Gasteiger partial charge < -0.3 is 76.5 Å². The van der Waals surface area contributed by atoms with Gasteiger partial charge in [-0.1, -0.05) is 54.1 Å². The molecule has 3 aliphatic heterocycles. The van der Waals surface area contributed by atoms with Crippen molar-refractivity contribution in [3.63, 3.8) is 0 Å². The Balaban J connectivity index is 0.000000286. The van der Waals surface area contributed by atoms with Gasteiger partial charge in [0.25, 0.3) is 17.7 Å². The fourth-order valence-corrected chi connectivity index (χ4v) is 10.4. The topological polar surface area (TPSA) is 331 Å². The van der Waals surface area contributed by atoms with Crippen LogP contribution in [0, 0.1) is 0 Å². The quantitative estimate of drug-likeness (QED) is 0.0161. The fourth-order valence-electron chi connectivity index (χ4n) is 9.88. The van der Waals surface area contributed by atoms with Gasteiger partial charge >= 0.3 is 17.9 Å². The number of morpholine rings is 3. The predicted molar refractivity (Wildman–Crippen MR) is 344 cm³/mol. The van der Waals surface area contributed by atoms with Crippen LogP contribution in [-0.4, -0.2) is 204 Å². The molecule has 0 saturated carbocycles. The molecule has 3 aromatic rings. The third kappa shape index (κ3) is 28.7. The minimum Gasteiger partial charge on any atom is -0.493 e. The number of carbonyl (C=O) groups excluding carboxylic acids is 4. The SMILES string of the molecule is CCOC(=O)CCCCCN1CCO[C@@H](CNC(=O)c2cc(Cl)c(N)cc2OCC)C1.CCOc1cc(N)c(Cl)cc1C(=O)NC[C@H]1CN(CCCCCC(=O)O)CCO1.CCOc1cc(N)c(Cl)cc1C(=O)NC[C@H]1CN(CCCCCC(=O)O)CCO1. The van der Waals surface area contributed by atoms with E-state index < -0.39 is 11.9 Å². The smallest absolute Gasteiger partial charge is 0.305 e. The van der Waals surface area contributed by atoms with E-state index in [2.05, 4.69) is 30.7 Å². The summed E-state index contributed by atoms with van der Waals surface area (Å²) in [5.41, 5.74) is 19.6. The van der Waals surface area contributed by atoms with Gasteiger partial charge in [-0.05, 0) is 104 Å². The number of nitrogens with two attached hydrogens (primary N) is 3. The maximum absolute atomic E-state index is 12.7. The lowest BCUT2D eigenvalue weighted by Gasteiger charge is -2.33. The van der Waals surface area contributed by atoms with E-state index in [1.54, 1.807) is 18.2 Å². The van der Waals surface area contributed by atoms with Crippen molar-refractivity contribution >= 4 is 87.5 Å². The molecule has 0 aromatic heterocycles. The van der Waals surface area contributed by atoms with Gasteiger partial charge in [-0.15, -0.1) is 0 Å². The van der Waals surface area contributed by atoms with Crippen LogP contribution in [0.1, 0.15) is 136 Å². The average Bonchev–Trinajstić information content (AvgIpc) is 2.88. The Morgan fingerprint density at radius 2 is 0.775 bits per heavy atom. The van der Waals surface area contributed by atoms with Crippen molar-refractivity contribution in [2.24, 2.45) is 0 Å². The molecule has 498 valence electrons. The Morgan fingerprint density at radius 3 is 1.06 bits per heavy atom. The third-order valence-electron chi connectivity index (χ3n) is 14.5. The number of hydrogen-bond acceptors (Lipinski definition) is 19. The summed E-state index contributed by atoms with van der Waals surface area (Å²) in [7, 11) is 0. The van der Waals surface area contributed by atoms with Crippen molar-refractivity contribution in [3.05, 3.63) is 68.2 Å². The first-order chi connectivity index (χ1) is 42.7. The van der Waals surface area contributed by atoms with Crippen molar-refractivity contribution in [2.45, 2.75) is 123 Å². The summed E-state index contributed by atoms with van der Waals surface area (Å²) < 4.78 is 38.8. The lowest BCUT2D eigenvalue weighted by molar-refractivity contribution is -0.143. The number of carbonyl (C=O) groups is 6. The van der Waals surface area contributed by atoms with E-state index in [0.29, 0.717) is 151 Å². The van der Waals surface area contributed by atoms with Crippen molar-refractivity contribution in [1.82, 2.24) is 30.7 Å². The number of unbranched alkanes of at least 4 members (excludes halogenated alkanes) is 6. The number of carboxylic acid groups (broad SMARTS) is 2. The summed E-state index contributed by atoms with van der Waals surface area (Å²) in [4.78, 5) is 77.3. The van der Waals surface area contributed by atoms with Crippen LogP contribution < -0.4 is 47.4 Å². The van der Waals surface area contributed by atoms with Gasteiger partial charge in [0, 0.05) is 96.4 Å². The van der Waals surface area contributed by atoms with Crippen LogP contribution in [0.15, 0.2) is 36.4 Å². The van der Waals surface area contributed by atoms with Crippen LogP contribution in [-0.2, 0) is 33.3 Å². The summed E-state index contributed by atoms with van der Waals surface area (Å²) >= 11 is 18.2. The van der Waals surface area contributed by atoms with Crippen LogP contribution in [0.25, 0.3) is 0 Å². The molecule has 3 saturated heterocycles. The van der Waals surface area contributed by atoms with Gasteiger partial charge in [0.05, 0.1) is 113 Å². The van der Waals surface area contributed by atoms with Crippen molar-refractivity contribution in [1.29, 1.82) is 0 Å². The number of halogens is 3. The standard InChI is InChI=1S/C22H34ClN3O5.2C20H30ClN3O5/c1-3-29-20-13-19(24)18(23)12-17(20)22(28)25-14-16-15-26(10-11-31-16)9-7-5-6-8-21(27)30-4-2;2*1-2-28-18-11-17(22)16(21)10-15(18)20(27)23-12-14-13-24(8-9-29-14)7-5-3-4-6-19(25)26/h12-13,16H,3-11,14-15,24H2,1-2H3,(H,25,28);2*10-11,14H,2-9,12-13,22H2,1H3,(H,23,27)(H,25,26)/t16-;2*14-/m000/s1. The maximum Gasteiger partial charge on any atom is 0.305 e. The monoisotopic (exact) mass is 1310 g/mol. The largest absolute Gasteiger partial charge is 0.493 e. The molecule has 3 fully saturated rings. The highest BCUT2D eigenvalue weighted by Crippen LogP contribution is 2.32. The first-order valence-electron chi connectivity index (χ1n) is 30.9. The molecule has 11 N–H and O–H groups in total. The zero-order valence-electron chi connectivity index (χ0n) is 52.0. The number of aliphatic carboxylic acids is 2. The molecule has 6 rings (SSSR count). The Morgan fingerprint density at radius 1 is 0.472 bits per heavy atom. The first-order valence-corrected chi connectivity index (χ1v) is 32.0. The van der Waals surface area contributed by atoms with Gasteiger partial charge in [-0.25, -0.2) is 0 Å². The first kappa shape index (κ1) is 75.4. The number of nitrogen functional groups attached to an aromatic ring is 3. The van der Waals surface area contributed by atoms with Gasteiger partial charge in [0.2, 0.25) is 0 Å². The van der Waals surface area contributed by atoms with Gasteiger partial charge in [-0.3, -0.25) is 43.5 Å². The predicted octanol–water partition coefficient (Wildman–Crippen LogP) is 7.67. The number of benzene rings is 3. The highest BCUT2D eigenvalue weighted by molar-refractivity contribution is 6.34. The molecule has 0 bridgehead atoms. The molecule has 27 heteroatoms. The van der Waals surface area contributed by atoms with Crippen molar-refractivity contribution in [3.8, 4) is 17.2 Å². The van der Waals surface area contributed by atoms with E-state index in [9.17, 15) is 28.8 Å². The number of rotatable bonds is 34. The molecule has 3 amide bonds. The van der Waals surface area contributed by atoms with Crippen LogP contribution in [0.3, 0.4) is 0 Å². The number of anilines is 3. The molecule has 3 aromatic carbocycles. The van der Waals surface area contributed by atoms with Gasteiger partial charge in [0.1, 0.15) is 17.2 Å². The number of ether oxygens (including phenoxy) is 7. The zero-order chi connectivity index (χ0) is 65.1. The highest BCUT2D eigenvalue weighted by Gasteiger charge is 2.26. The minimum atomic E-state index is -0.748. The molecule has 0 unspecified atom stereocenters. The molecule has 3 heterocycles. The molecular weight excluding hydrogens is 1220 g/mol. The van der Waals surface area contributed by atoms with Crippen molar-refractivity contribution < 1.29 is 72.1 Å². The third-order valence-corrected chi connectivity index (χ3v) is 15.4. The fraction of sp³-hybridized carbons (Fsp3) is 0.613. The number of esters is 1. The molecule has 0 spiro atoms. The van der Waals surface area contributed by atoms with Crippen LogP contribution >= 0.6 is 34.8 Å². The van der Waals surface area contributed by atoms with E-state index in [0.717, 1.165) is 104 Å². The Hall–Kier alpha value is -6.09. The molecule has 89 heavy (non-hydrogen) atoms. The Labute approximate surface area is 538 Å². The van der Waals surface area contributed by atoms with Gasteiger partial charge in [0.15, 0.2) is 0 Å². The van der Waals surface area contributed by atoms with E-state index in [1.807, 2.05) is 27.7 Å². The Bertz CT molecular complexity index is 2580. The van der Waals surface area contributed by atoms with E-state index in [1.165, 1.54) is 18.2 Å². The normalized spacial score (nSPS) is 17.0. The summed E-state index contributed by atoms with van der Waals surface area (Å²) in [6.45, 7) is 19.5. The van der Waals surface area contributed by atoms with Gasteiger partial charge in [-0.2, -0.15) is 0 Å². The average molecular weight is 1310 g/mol. The van der Waals surface area contributed by atoms with Crippen LogP contribution in [0.4, 0.5) is 17.1 Å². The summed E-state index contributed by atoms with van der Waals surface area (Å²) in [5, 5.41) is 27.0. The maximum atomic E-state index is 12.7. The van der Waals surface area contributed by atoms with Crippen LogP contribution in [0.2, 0.25) is 15.1 Å². The summed E-state index contributed by atoms with van der Waals surface area (Å²) in [6.07, 6.45) is 8.54. The van der Waals surface area contributed by atoms with E-state index in [-0.39, 0.29) is 54.8 Å². The minimum absolute atomic E-state index is 0.0861. The molecule has 24 nitrogen and oxygen atoms in total. The molecule has 3 aliphatic rings. The zero-order valence-corrected chi connectivity index (χ0v) is 54.3. The number of carboxylic acids is 2. The lowest BCUT2D eigenvalue weighted by Crippen LogP contribution is -2.47. The molecule has 3 atom stereocenters. The second-order valence-electron chi connectivity index (χ2n) is 21.4. The lowest BCUT2D eigenvalue weighted by atomic mass is 10.1. The van der Waals surface area contributed by atoms with E-state index >= 15 is 0 Å². The second-order valence-corrected chi connectivity index (χ2v) is 22.7. The molecule has 0 aliphatic carbocycles. The number of nitrogens with one attached hydrogen (secondary N) is 3. The second kappa shape index (κ2) is 42.1. The number of hydrogen-bond donors (Lipinski definition) is 8. The highest BCUT2D eigenvalue weighted by atomic mass is 35.5. The number of amides is 3. The molecular formula is C62H94Cl3N9O15.